The Balaban J connectivity index is 2.05. The van der Waals surface area contributed by atoms with Crippen LogP contribution in [0.1, 0.15) is 32.6 Å². The molecule has 5 heteroatoms. The van der Waals surface area contributed by atoms with E-state index in [0.29, 0.717) is 10.9 Å². The molecule has 1 saturated heterocycles. The maximum atomic E-state index is 11.9. The van der Waals surface area contributed by atoms with Gasteiger partial charge in [0.15, 0.2) is 9.84 Å². The molecule has 1 aromatic rings. The Morgan fingerprint density at radius 1 is 1.24 bits per heavy atom. The van der Waals surface area contributed by atoms with E-state index in [9.17, 15) is 8.42 Å². The van der Waals surface area contributed by atoms with Crippen LogP contribution in [-0.4, -0.2) is 45.2 Å². The van der Waals surface area contributed by atoms with Crippen LogP contribution < -0.4 is 5.32 Å². The third-order valence-corrected chi connectivity index (χ3v) is 5.16. The quantitative estimate of drug-likeness (QED) is 0.908. The van der Waals surface area contributed by atoms with Gasteiger partial charge in [-0.25, -0.2) is 8.42 Å². The number of anilines is 1. The van der Waals surface area contributed by atoms with Crippen molar-refractivity contribution in [2.45, 2.75) is 43.5 Å². The van der Waals surface area contributed by atoms with Gasteiger partial charge in [0.25, 0.3) is 0 Å². The average Bonchev–Trinajstić information content (AvgIpc) is 2.64. The van der Waals surface area contributed by atoms with E-state index in [1.54, 1.807) is 12.1 Å². The van der Waals surface area contributed by atoms with Gasteiger partial charge in [0, 0.05) is 18.8 Å². The highest BCUT2D eigenvalue weighted by molar-refractivity contribution is 7.90. The number of para-hydroxylation sites is 1. The lowest BCUT2D eigenvalue weighted by molar-refractivity contribution is 0.285. The monoisotopic (exact) mass is 310 g/mol. The molecule has 0 amide bonds. The number of sulfone groups is 1. The minimum Gasteiger partial charge on any atom is -0.381 e. The summed E-state index contributed by atoms with van der Waals surface area (Å²) in [6.07, 6.45) is 5.79. The van der Waals surface area contributed by atoms with Crippen LogP contribution in [0.5, 0.6) is 0 Å². The summed E-state index contributed by atoms with van der Waals surface area (Å²) in [6, 6.07) is 7.56. The molecule has 0 aliphatic carbocycles. The molecular formula is C16H26N2O2S. The lowest BCUT2D eigenvalue weighted by Crippen LogP contribution is -2.27. The minimum atomic E-state index is -3.19. The van der Waals surface area contributed by atoms with Crippen LogP contribution in [0.2, 0.25) is 0 Å². The Morgan fingerprint density at radius 2 is 2.00 bits per heavy atom. The topological polar surface area (TPSA) is 49.4 Å². The maximum Gasteiger partial charge on any atom is 0.177 e. The molecule has 1 aromatic carbocycles. The molecule has 1 unspecified atom stereocenters. The van der Waals surface area contributed by atoms with Gasteiger partial charge in [-0.2, -0.15) is 0 Å². The fourth-order valence-electron chi connectivity index (χ4n) is 2.97. The van der Waals surface area contributed by atoms with Crippen LogP contribution in [0.15, 0.2) is 29.2 Å². The summed E-state index contributed by atoms with van der Waals surface area (Å²) in [6.45, 7) is 5.61. The Morgan fingerprint density at radius 3 is 2.71 bits per heavy atom. The lowest BCUT2D eigenvalue weighted by atomic mass is 10.1. The summed E-state index contributed by atoms with van der Waals surface area (Å²) < 4.78 is 23.7. The molecule has 1 heterocycles. The van der Waals surface area contributed by atoms with Gasteiger partial charge in [-0.05, 0) is 50.9 Å². The molecule has 4 nitrogen and oxygen atoms in total. The highest BCUT2D eigenvalue weighted by atomic mass is 32.2. The third kappa shape index (κ3) is 4.71. The van der Waals surface area contributed by atoms with Crippen molar-refractivity contribution in [3.05, 3.63) is 24.3 Å². The van der Waals surface area contributed by atoms with E-state index in [-0.39, 0.29) is 0 Å². The van der Waals surface area contributed by atoms with Crippen LogP contribution >= 0.6 is 0 Å². The van der Waals surface area contributed by atoms with Crippen LogP contribution in [0.4, 0.5) is 5.69 Å². The zero-order valence-corrected chi connectivity index (χ0v) is 13.8. The molecule has 2 rings (SSSR count). The minimum absolute atomic E-state index is 0.356. The average molecular weight is 310 g/mol. The van der Waals surface area contributed by atoms with Crippen molar-refractivity contribution in [2.24, 2.45) is 0 Å². The smallest absolute Gasteiger partial charge is 0.177 e. The molecule has 0 aromatic heterocycles. The van der Waals surface area contributed by atoms with Crippen LogP contribution in [0.25, 0.3) is 0 Å². The van der Waals surface area contributed by atoms with Crippen molar-refractivity contribution in [3.8, 4) is 0 Å². The van der Waals surface area contributed by atoms with Crippen molar-refractivity contribution in [1.29, 1.82) is 0 Å². The Labute approximate surface area is 128 Å². The number of hydrogen-bond acceptors (Lipinski definition) is 4. The molecule has 0 spiro atoms. The van der Waals surface area contributed by atoms with Crippen LogP contribution in [0, 0.1) is 0 Å². The van der Waals surface area contributed by atoms with E-state index in [1.807, 2.05) is 12.1 Å². The van der Waals surface area contributed by atoms with Gasteiger partial charge < -0.3 is 10.2 Å². The predicted octanol–water partition coefficient (Wildman–Crippen LogP) is 2.77. The first-order chi connectivity index (χ1) is 10.0. The molecule has 0 bridgehead atoms. The number of hydrogen-bond donors (Lipinski definition) is 1. The SMILES string of the molecule is CCCN1CCCC(Nc2ccccc2S(C)(=O)=O)CC1. The summed E-state index contributed by atoms with van der Waals surface area (Å²) in [5.74, 6) is 0. The Bertz CT molecular complexity index is 557. The van der Waals surface area contributed by atoms with Gasteiger partial charge >= 0.3 is 0 Å². The van der Waals surface area contributed by atoms with Gasteiger partial charge in [-0.3, -0.25) is 0 Å². The second-order valence-electron chi connectivity index (χ2n) is 5.88. The third-order valence-electron chi connectivity index (χ3n) is 4.01. The van der Waals surface area contributed by atoms with Crippen molar-refractivity contribution < 1.29 is 8.42 Å². The first-order valence-electron chi connectivity index (χ1n) is 7.78. The second kappa shape index (κ2) is 7.27. The second-order valence-corrected chi connectivity index (χ2v) is 7.87. The van der Waals surface area contributed by atoms with Gasteiger partial charge in [0.1, 0.15) is 0 Å². The Hall–Kier alpha value is -1.07. The first kappa shape index (κ1) is 16.3. The lowest BCUT2D eigenvalue weighted by Gasteiger charge is -2.21. The number of benzene rings is 1. The summed E-state index contributed by atoms with van der Waals surface area (Å²) >= 11 is 0. The van der Waals surface area contributed by atoms with E-state index in [0.717, 1.165) is 38.2 Å². The van der Waals surface area contributed by atoms with Crippen LogP contribution in [-0.2, 0) is 9.84 Å². The largest absolute Gasteiger partial charge is 0.381 e. The molecular weight excluding hydrogens is 284 g/mol. The molecule has 1 atom stereocenters. The van der Waals surface area contributed by atoms with Crippen molar-refractivity contribution >= 4 is 15.5 Å². The molecule has 1 N–H and O–H groups in total. The van der Waals surface area contributed by atoms with Crippen molar-refractivity contribution in [1.82, 2.24) is 4.90 Å². The fourth-order valence-corrected chi connectivity index (χ4v) is 3.82. The zero-order valence-electron chi connectivity index (χ0n) is 13.0. The van der Waals surface area contributed by atoms with Crippen LogP contribution in [0.3, 0.4) is 0 Å². The van der Waals surface area contributed by atoms with E-state index >= 15 is 0 Å². The Kier molecular flexibility index (Phi) is 5.65. The molecule has 0 saturated carbocycles. The van der Waals surface area contributed by atoms with Gasteiger partial charge in [-0.15, -0.1) is 0 Å². The zero-order chi connectivity index (χ0) is 15.3. The number of nitrogens with zero attached hydrogens (tertiary/aromatic N) is 1. The van der Waals surface area contributed by atoms with Crippen molar-refractivity contribution in [3.63, 3.8) is 0 Å². The van der Waals surface area contributed by atoms with Gasteiger partial charge in [0.2, 0.25) is 0 Å². The van der Waals surface area contributed by atoms with Crippen molar-refractivity contribution in [2.75, 3.05) is 31.2 Å². The fraction of sp³-hybridized carbons (Fsp3) is 0.625. The molecule has 118 valence electrons. The summed E-state index contributed by atoms with van der Waals surface area (Å²) in [5.41, 5.74) is 0.744. The van der Waals surface area contributed by atoms with E-state index in [2.05, 4.69) is 17.1 Å². The number of nitrogens with one attached hydrogen (secondary N) is 1. The normalized spacial score (nSPS) is 21.0. The van der Waals surface area contributed by atoms with Gasteiger partial charge in [0.05, 0.1) is 10.6 Å². The predicted molar refractivity (Wildman–Crippen MR) is 87.5 cm³/mol. The van der Waals surface area contributed by atoms with E-state index in [1.165, 1.54) is 19.1 Å². The number of likely N-dealkylation sites (tertiary alicyclic amines) is 1. The highest BCUT2D eigenvalue weighted by Crippen LogP contribution is 2.24. The van der Waals surface area contributed by atoms with E-state index in [4.69, 9.17) is 0 Å². The molecule has 1 aliphatic rings. The highest BCUT2D eigenvalue weighted by Gasteiger charge is 2.19. The number of rotatable bonds is 5. The summed E-state index contributed by atoms with van der Waals surface area (Å²) in [7, 11) is -3.19. The molecule has 0 radical (unpaired) electrons. The maximum absolute atomic E-state index is 11.9. The molecule has 1 aliphatic heterocycles. The standard InChI is InChI=1S/C16H26N2O2S/c1-3-11-18-12-6-7-14(10-13-18)17-15-8-4-5-9-16(15)21(2,19)20/h4-5,8-9,14,17H,3,6-7,10-13H2,1-2H3. The molecule has 21 heavy (non-hydrogen) atoms. The first-order valence-corrected chi connectivity index (χ1v) is 9.68. The van der Waals surface area contributed by atoms with Gasteiger partial charge in [-0.1, -0.05) is 19.1 Å². The summed E-state index contributed by atoms with van der Waals surface area (Å²) in [5, 5.41) is 3.45. The summed E-state index contributed by atoms with van der Waals surface area (Å²) in [4.78, 5) is 2.91. The molecule has 1 fully saturated rings. The van der Waals surface area contributed by atoms with E-state index < -0.39 is 9.84 Å².